The number of piperazine rings is 1. The first-order chi connectivity index (χ1) is 15.7. The van der Waals surface area contributed by atoms with E-state index in [2.05, 4.69) is 14.6 Å². The van der Waals surface area contributed by atoms with Crippen LogP contribution in [0.25, 0.3) is 0 Å². The molecule has 1 aromatic heterocycles. The topological polar surface area (TPSA) is 82.6 Å². The minimum atomic E-state index is -3.84. The largest absolute Gasteiger partial charge is 0.353 e. The van der Waals surface area contributed by atoms with E-state index in [4.69, 9.17) is 11.6 Å². The number of hydrogen-bond acceptors (Lipinski definition) is 5. The number of aromatic nitrogens is 1. The zero-order valence-corrected chi connectivity index (χ0v) is 20.0. The van der Waals surface area contributed by atoms with E-state index in [-0.39, 0.29) is 10.8 Å². The van der Waals surface area contributed by atoms with E-state index in [0.29, 0.717) is 42.5 Å². The molecule has 1 aliphatic heterocycles. The molecular weight excluding hydrogens is 460 g/mol. The number of hydrogen-bond donors (Lipinski definition) is 1. The maximum absolute atomic E-state index is 13.3. The number of nitrogens with zero attached hydrogens (tertiary/aromatic N) is 3. The van der Waals surface area contributed by atoms with E-state index < -0.39 is 10.0 Å². The number of carbonyl (C=O) groups is 1. The first-order valence-electron chi connectivity index (χ1n) is 10.6. The van der Waals surface area contributed by atoms with Crippen molar-refractivity contribution in [2.75, 3.05) is 35.8 Å². The molecule has 0 unspecified atom stereocenters. The summed E-state index contributed by atoms with van der Waals surface area (Å²) in [5.41, 5.74) is 2.45. The molecule has 0 bridgehead atoms. The summed E-state index contributed by atoms with van der Waals surface area (Å²) >= 11 is 5.91. The number of sulfonamides is 1. The zero-order chi connectivity index (χ0) is 23.6. The molecule has 2 heterocycles. The molecule has 1 aliphatic rings. The van der Waals surface area contributed by atoms with Gasteiger partial charge in [-0.3, -0.25) is 9.52 Å². The second-order valence-electron chi connectivity index (χ2n) is 8.01. The molecule has 3 aromatic rings. The van der Waals surface area contributed by atoms with Crippen molar-refractivity contribution in [2.24, 2.45) is 0 Å². The lowest BCUT2D eigenvalue weighted by Gasteiger charge is -2.35. The number of halogens is 1. The maximum atomic E-state index is 13.3. The van der Waals surface area contributed by atoms with E-state index in [1.807, 2.05) is 32.0 Å². The Kier molecular flexibility index (Phi) is 6.58. The lowest BCUT2D eigenvalue weighted by molar-refractivity contribution is 0.0745. The number of carbonyl (C=O) groups excluding carboxylic acids is 1. The predicted molar refractivity (Wildman–Crippen MR) is 131 cm³/mol. The third-order valence-corrected chi connectivity index (χ3v) is 7.33. The number of benzene rings is 2. The zero-order valence-electron chi connectivity index (χ0n) is 18.5. The van der Waals surface area contributed by atoms with Crippen molar-refractivity contribution in [3.05, 3.63) is 82.5 Å². The molecule has 0 radical (unpaired) electrons. The number of nitrogens with one attached hydrogen (secondary N) is 1. The van der Waals surface area contributed by atoms with E-state index in [9.17, 15) is 13.2 Å². The molecule has 1 fully saturated rings. The molecule has 0 aliphatic carbocycles. The number of rotatable bonds is 5. The first-order valence-corrected chi connectivity index (χ1v) is 12.5. The highest BCUT2D eigenvalue weighted by molar-refractivity contribution is 7.92. The van der Waals surface area contributed by atoms with Gasteiger partial charge in [-0.05, 0) is 55.3 Å². The third-order valence-electron chi connectivity index (χ3n) is 5.74. The molecule has 2 aromatic carbocycles. The fraction of sp³-hybridized carbons (Fsp3) is 0.250. The van der Waals surface area contributed by atoms with Gasteiger partial charge in [0.2, 0.25) is 0 Å². The van der Waals surface area contributed by atoms with Crippen LogP contribution in [-0.4, -0.2) is 50.4 Å². The van der Waals surface area contributed by atoms with Gasteiger partial charge in [0.25, 0.3) is 15.9 Å². The Morgan fingerprint density at radius 3 is 2.36 bits per heavy atom. The van der Waals surface area contributed by atoms with Gasteiger partial charge in [0, 0.05) is 37.9 Å². The summed E-state index contributed by atoms with van der Waals surface area (Å²) in [5.74, 6) is 0.641. The monoisotopic (exact) mass is 484 g/mol. The van der Waals surface area contributed by atoms with Crippen LogP contribution in [0.1, 0.15) is 21.5 Å². The molecule has 0 spiro atoms. The average Bonchev–Trinajstić information content (AvgIpc) is 2.81. The predicted octanol–water partition coefficient (Wildman–Crippen LogP) is 4.12. The molecular formula is C24H25ClN4O3S. The molecule has 4 rings (SSSR count). The van der Waals surface area contributed by atoms with Gasteiger partial charge in [-0.15, -0.1) is 0 Å². The minimum absolute atomic E-state index is 0.0590. The Bertz CT molecular complexity index is 1270. The molecule has 33 heavy (non-hydrogen) atoms. The fourth-order valence-electron chi connectivity index (χ4n) is 3.75. The molecule has 172 valence electrons. The summed E-state index contributed by atoms with van der Waals surface area (Å²) in [6, 6.07) is 15.5. The van der Waals surface area contributed by atoms with Crippen molar-refractivity contribution in [2.45, 2.75) is 18.7 Å². The molecule has 0 saturated carbocycles. The summed E-state index contributed by atoms with van der Waals surface area (Å²) in [5, 5.41) is 0.579. The number of pyridine rings is 1. The molecule has 1 N–H and O–H groups in total. The average molecular weight is 485 g/mol. The normalized spacial score (nSPS) is 14.3. The fourth-order valence-corrected chi connectivity index (χ4v) is 5.02. The van der Waals surface area contributed by atoms with Crippen LogP contribution in [0.5, 0.6) is 0 Å². The van der Waals surface area contributed by atoms with E-state index in [1.54, 1.807) is 35.4 Å². The number of anilines is 2. The van der Waals surface area contributed by atoms with Gasteiger partial charge in [-0.25, -0.2) is 13.4 Å². The van der Waals surface area contributed by atoms with Gasteiger partial charge >= 0.3 is 0 Å². The van der Waals surface area contributed by atoms with Gasteiger partial charge in [0.05, 0.1) is 15.6 Å². The second-order valence-corrected chi connectivity index (χ2v) is 10.1. The SMILES string of the molecule is Cc1ccccc1NS(=O)(=O)c1ccc(C)c(C(=O)N2CCN(c3ccc(Cl)cn3)CC2)c1. The van der Waals surface area contributed by atoms with E-state index in [1.165, 1.54) is 12.1 Å². The highest BCUT2D eigenvalue weighted by Crippen LogP contribution is 2.23. The van der Waals surface area contributed by atoms with Gasteiger partial charge in [-0.2, -0.15) is 0 Å². The van der Waals surface area contributed by atoms with Crippen LogP contribution < -0.4 is 9.62 Å². The van der Waals surface area contributed by atoms with Crippen LogP contribution >= 0.6 is 11.6 Å². The van der Waals surface area contributed by atoms with Crippen LogP contribution in [0.3, 0.4) is 0 Å². The summed E-state index contributed by atoms with van der Waals surface area (Å²) in [4.78, 5) is 21.5. The first kappa shape index (κ1) is 23.1. The van der Waals surface area contributed by atoms with Crippen molar-refractivity contribution >= 4 is 39.0 Å². The van der Waals surface area contributed by atoms with E-state index >= 15 is 0 Å². The van der Waals surface area contributed by atoms with Crippen molar-refractivity contribution in [3.8, 4) is 0 Å². The van der Waals surface area contributed by atoms with Gasteiger partial charge in [-0.1, -0.05) is 35.9 Å². The Labute approximate surface area is 199 Å². The standard InChI is InChI=1S/C24H25ClN4O3S/c1-17-7-9-20(33(31,32)27-22-6-4-3-5-18(22)2)15-21(17)24(30)29-13-11-28(12-14-29)23-10-8-19(25)16-26-23/h3-10,15-16,27H,11-14H2,1-2H3. The molecule has 1 amide bonds. The van der Waals surface area contributed by atoms with Crippen LogP contribution in [0.15, 0.2) is 65.7 Å². The second kappa shape index (κ2) is 9.41. The van der Waals surface area contributed by atoms with Crippen molar-refractivity contribution in [3.63, 3.8) is 0 Å². The molecule has 9 heteroatoms. The third kappa shape index (κ3) is 5.12. The van der Waals surface area contributed by atoms with Crippen LogP contribution in [0.2, 0.25) is 5.02 Å². The number of amides is 1. The van der Waals surface area contributed by atoms with Crippen LogP contribution in [0, 0.1) is 13.8 Å². The van der Waals surface area contributed by atoms with Gasteiger partial charge in [0.15, 0.2) is 0 Å². The summed E-state index contributed by atoms with van der Waals surface area (Å²) in [7, 11) is -3.84. The van der Waals surface area contributed by atoms with Crippen molar-refractivity contribution < 1.29 is 13.2 Å². The number of para-hydroxylation sites is 1. The van der Waals surface area contributed by atoms with Gasteiger partial charge < -0.3 is 9.80 Å². The van der Waals surface area contributed by atoms with Crippen LogP contribution in [0.4, 0.5) is 11.5 Å². The van der Waals surface area contributed by atoms with E-state index in [0.717, 1.165) is 16.9 Å². The lowest BCUT2D eigenvalue weighted by Crippen LogP contribution is -2.49. The number of aryl methyl sites for hydroxylation is 2. The molecule has 1 saturated heterocycles. The Morgan fingerprint density at radius 1 is 0.970 bits per heavy atom. The maximum Gasteiger partial charge on any atom is 0.261 e. The minimum Gasteiger partial charge on any atom is -0.353 e. The lowest BCUT2D eigenvalue weighted by atomic mass is 10.1. The van der Waals surface area contributed by atoms with Gasteiger partial charge in [0.1, 0.15) is 5.82 Å². The quantitative estimate of drug-likeness (QED) is 0.589. The van der Waals surface area contributed by atoms with Crippen molar-refractivity contribution in [1.82, 2.24) is 9.88 Å². The molecule has 0 atom stereocenters. The Hall–Kier alpha value is -3.10. The highest BCUT2D eigenvalue weighted by atomic mass is 35.5. The summed E-state index contributed by atoms with van der Waals surface area (Å²) < 4.78 is 28.6. The van der Waals surface area contributed by atoms with Crippen molar-refractivity contribution in [1.29, 1.82) is 0 Å². The molecule has 7 nitrogen and oxygen atoms in total. The Morgan fingerprint density at radius 2 is 1.70 bits per heavy atom. The smallest absolute Gasteiger partial charge is 0.261 e. The summed E-state index contributed by atoms with van der Waals surface area (Å²) in [6.45, 7) is 5.94. The summed E-state index contributed by atoms with van der Waals surface area (Å²) in [6.07, 6.45) is 1.61. The van der Waals surface area contributed by atoms with Crippen LogP contribution in [-0.2, 0) is 10.0 Å². The highest BCUT2D eigenvalue weighted by Gasteiger charge is 2.25. The Balaban J connectivity index is 1.50.